The molecule has 160 valence electrons. The Kier molecular flexibility index (Phi) is 6.08. The number of ether oxygens (including phenoxy) is 1. The van der Waals surface area contributed by atoms with E-state index in [4.69, 9.17) is 4.74 Å². The highest BCUT2D eigenvalue weighted by atomic mass is 32.2. The predicted octanol–water partition coefficient (Wildman–Crippen LogP) is 3.32. The van der Waals surface area contributed by atoms with Gasteiger partial charge in [0, 0.05) is 12.0 Å². The van der Waals surface area contributed by atoms with Gasteiger partial charge in [-0.25, -0.2) is 9.88 Å². The van der Waals surface area contributed by atoms with Crippen LogP contribution in [0.15, 0.2) is 53.7 Å². The summed E-state index contributed by atoms with van der Waals surface area (Å²) < 4.78 is 7.69. The summed E-state index contributed by atoms with van der Waals surface area (Å²) in [6.07, 6.45) is 3.09. The number of rotatable bonds is 6. The van der Waals surface area contributed by atoms with Crippen LogP contribution in [0.4, 0.5) is 5.69 Å². The van der Waals surface area contributed by atoms with Crippen molar-refractivity contribution in [3.8, 4) is 22.9 Å². The average molecular weight is 437 g/mol. The molecule has 8 heteroatoms. The number of benzene rings is 2. The average Bonchev–Trinajstić information content (AvgIpc) is 2.78. The van der Waals surface area contributed by atoms with Crippen molar-refractivity contribution in [2.45, 2.75) is 38.0 Å². The lowest BCUT2D eigenvalue weighted by Crippen LogP contribution is -2.58. The van der Waals surface area contributed by atoms with Crippen molar-refractivity contribution in [3.05, 3.63) is 54.1 Å². The molecule has 0 fully saturated rings. The maximum atomic E-state index is 13.0. The highest BCUT2D eigenvalue weighted by Crippen LogP contribution is 2.42. The molecule has 0 N–H and O–H groups in total. The lowest BCUT2D eigenvalue weighted by atomic mass is 10.0. The maximum Gasteiger partial charge on any atom is 0.296 e. The Morgan fingerprint density at radius 2 is 1.97 bits per heavy atom. The van der Waals surface area contributed by atoms with Gasteiger partial charge < -0.3 is 9.84 Å². The molecule has 1 aliphatic heterocycles. The SMILES string of the molecule is CCCCOc1ccccc1C1N(C(C)=O)c2ccccc2-c2c([O-])nc(SC)n[n+]21. The van der Waals surface area contributed by atoms with Crippen LogP contribution >= 0.6 is 11.8 Å². The van der Waals surface area contributed by atoms with E-state index in [1.165, 1.54) is 18.7 Å². The molecule has 1 unspecified atom stereocenters. The molecule has 0 saturated heterocycles. The number of thioether (sulfide) groups is 1. The smallest absolute Gasteiger partial charge is 0.296 e. The number of hydrogen-bond acceptors (Lipinski definition) is 6. The van der Waals surface area contributed by atoms with E-state index < -0.39 is 6.17 Å². The first-order valence-electron chi connectivity index (χ1n) is 10.2. The zero-order chi connectivity index (χ0) is 22.0. The quantitative estimate of drug-likeness (QED) is 0.335. The third kappa shape index (κ3) is 3.83. The molecule has 0 radical (unpaired) electrons. The second-order valence-electron chi connectivity index (χ2n) is 7.22. The first kappa shape index (κ1) is 21.1. The van der Waals surface area contributed by atoms with Gasteiger partial charge in [0.05, 0.1) is 29.3 Å². The van der Waals surface area contributed by atoms with E-state index in [1.54, 1.807) is 9.58 Å². The van der Waals surface area contributed by atoms with Gasteiger partial charge in [0.15, 0.2) is 0 Å². The minimum absolute atomic E-state index is 0.157. The van der Waals surface area contributed by atoms with E-state index in [1.807, 2.05) is 54.8 Å². The Hall–Kier alpha value is -3.13. The standard InChI is InChI=1S/C23H24N4O3S/c1-4-5-14-30-19-13-9-7-11-17(19)22-26(15(2)28)18-12-8-6-10-16(18)20-21(29)24-23(31-3)25-27(20)22/h6-13,22H,4-5,14H2,1-3H3. The Bertz CT molecular complexity index is 1120. The summed E-state index contributed by atoms with van der Waals surface area (Å²) in [5.74, 6) is 0.141. The van der Waals surface area contributed by atoms with E-state index >= 15 is 0 Å². The molecule has 0 bridgehead atoms. The van der Waals surface area contributed by atoms with Crippen LogP contribution in [0.2, 0.25) is 0 Å². The highest BCUT2D eigenvalue weighted by molar-refractivity contribution is 7.98. The van der Waals surface area contributed by atoms with Gasteiger partial charge in [0.1, 0.15) is 5.75 Å². The number of fused-ring (bicyclic) bond motifs is 3. The summed E-state index contributed by atoms with van der Waals surface area (Å²) in [6.45, 7) is 4.19. The first-order chi connectivity index (χ1) is 15.1. The van der Waals surface area contributed by atoms with Gasteiger partial charge in [-0.05, 0) is 36.9 Å². The van der Waals surface area contributed by atoms with Crippen LogP contribution in [0.3, 0.4) is 0 Å². The molecule has 0 spiro atoms. The molecule has 7 nitrogen and oxygen atoms in total. The third-order valence-corrected chi connectivity index (χ3v) is 5.73. The van der Waals surface area contributed by atoms with E-state index in [0.29, 0.717) is 34.5 Å². The zero-order valence-corrected chi connectivity index (χ0v) is 18.6. The van der Waals surface area contributed by atoms with Gasteiger partial charge in [0.2, 0.25) is 5.91 Å². The van der Waals surface area contributed by atoms with Crippen LogP contribution in [0.5, 0.6) is 11.6 Å². The second kappa shape index (κ2) is 8.93. The van der Waals surface area contributed by atoms with Crippen molar-refractivity contribution in [3.63, 3.8) is 0 Å². The van der Waals surface area contributed by atoms with Crippen molar-refractivity contribution in [2.24, 2.45) is 0 Å². The Labute approximate surface area is 185 Å². The number of nitrogens with zero attached hydrogens (tertiary/aromatic N) is 4. The van der Waals surface area contributed by atoms with Crippen LogP contribution in [0.1, 0.15) is 38.4 Å². The molecular formula is C23H24N4O3S. The number of hydrogen-bond donors (Lipinski definition) is 0. The Balaban J connectivity index is 1.98. The lowest BCUT2D eigenvalue weighted by Gasteiger charge is -2.33. The first-order valence-corrected chi connectivity index (χ1v) is 11.4. The maximum absolute atomic E-state index is 13.0. The monoisotopic (exact) mass is 436 g/mol. The molecule has 2 heterocycles. The topological polar surface area (TPSA) is 82.3 Å². The summed E-state index contributed by atoms with van der Waals surface area (Å²) in [5.41, 5.74) is 2.41. The molecular weight excluding hydrogens is 412 g/mol. The van der Waals surface area contributed by atoms with Crippen LogP contribution in [-0.2, 0) is 4.79 Å². The predicted molar refractivity (Wildman–Crippen MR) is 117 cm³/mol. The minimum Gasteiger partial charge on any atom is -0.854 e. The fourth-order valence-electron chi connectivity index (χ4n) is 3.79. The lowest BCUT2D eigenvalue weighted by molar-refractivity contribution is -0.764. The number of amides is 1. The molecule has 1 amide bonds. The molecule has 1 aliphatic rings. The van der Waals surface area contributed by atoms with Crippen molar-refractivity contribution in [2.75, 3.05) is 17.8 Å². The third-order valence-electron chi connectivity index (χ3n) is 5.19. The Morgan fingerprint density at radius 3 is 2.71 bits per heavy atom. The summed E-state index contributed by atoms with van der Waals surface area (Å²) in [7, 11) is 0. The molecule has 3 aromatic rings. The minimum atomic E-state index is -0.665. The van der Waals surface area contributed by atoms with E-state index in [-0.39, 0.29) is 11.8 Å². The fraction of sp³-hybridized carbons (Fsp3) is 0.304. The second-order valence-corrected chi connectivity index (χ2v) is 7.99. The van der Waals surface area contributed by atoms with Gasteiger partial charge in [0.25, 0.3) is 17.0 Å². The summed E-state index contributed by atoms with van der Waals surface area (Å²) in [5, 5.41) is 18.0. The van der Waals surface area contributed by atoms with Crippen LogP contribution < -0.4 is 19.4 Å². The largest absolute Gasteiger partial charge is 0.854 e. The summed E-state index contributed by atoms with van der Waals surface area (Å²) in [6, 6.07) is 15.0. The number of anilines is 1. The molecule has 1 atom stereocenters. The zero-order valence-electron chi connectivity index (χ0n) is 17.7. The number of carbonyl (C=O) groups excluding carboxylic acids is 1. The summed E-state index contributed by atoms with van der Waals surface area (Å²) in [4.78, 5) is 18.7. The normalized spacial score (nSPS) is 14.7. The molecule has 1 aromatic heterocycles. The Morgan fingerprint density at radius 1 is 1.23 bits per heavy atom. The van der Waals surface area contributed by atoms with Gasteiger partial charge in [-0.2, -0.15) is 0 Å². The summed E-state index contributed by atoms with van der Waals surface area (Å²) >= 11 is 1.29. The molecule has 4 rings (SSSR count). The molecule has 31 heavy (non-hydrogen) atoms. The van der Waals surface area contributed by atoms with Gasteiger partial charge in [-0.3, -0.25) is 4.79 Å². The van der Waals surface area contributed by atoms with Crippen molar-refractivity contribution < 1.29 is 19.3 Å². The number of para-hydroxylation sites is 2. The highest BCUT2D eigenvalue weighted by Gasteiger charge is 2.45. The van der Waals surface area contributed by atoms with Crippen molar-refractivity contribution in [1.82, 2.24) is 10.1 Å². The molecule has 0 aliphatic carbocycles. The van der Waals surface area contributed by atoms with Crippen LogP contribution in [0, 0.1) is 0 Å². The van der Waals surface area contributed by atoms with Crippen LogP contribution in [0.25, 0.3) is 11.3 Å². The molecule has 0 saturated carbocycles. The van der Waals surface area contributed by atoms with Crippen molar-refractivity contribution >= 4 is 23.4 Å². The number of carbonyl (C=O) groups is 1. The van der Waals surface area contributed by atoms with Gasteiger partial charge in [-0.15, -0.1) is 0 Å². The van der Waals surface area contributed by atoms with Gasteiger partial charge in [-0.1, -0.05) is 54.1 Å². The fourth-order valence-corrected chi connectivity index (χ4v) is 4.14. The van der Waals surface area contributed by atoms with Crippen LogP contribution in [-0.4, -0.2) is 28.9 Å². The van der Waals surface area contributed by atoms with Gasteiger partial charge >= 0.3 is 0 Å². The molecule has 2 aromatic carbocycles. The van der Waals surface area contributed by atoms with E-state index in [9.17, 15) is 9.90 Å². The van der Waals surface area contributed by atoms with E-state index in [0.717, 1.165) is 18.4 Å². The number of unbranched alkanes of at least 4 members (excludes halogenated alkanes) is 1. The van der Waals surface area contributed by atoms with Crippen molar-refractivity contribution in [1.29, 1.82) is 0 Å². The van der Waals surface area contributed by atoms with E-state index in [2.05, 4.69) is 17.0 Å². The number of aromatic nitrogens is 3.